The normalized spacial score (nSPS) is 11.2. The Morgan fingerprint density at radius 2 is 1.35 bits per heavy atom. The van der Waals surface area contributed by atoms with E-state index < -0.39 is 0 Å². The van der Waals surface area contributed by atoms with Crippen molar-refractivity contribution in [3.63, 3.8) is 0 Å². The number of hydrogen-bond donors (Lipinski definition) is 0. The van der Waals surface area contributed by atoms with Gasteiger partial charge in [-0.15, -0.1) is 0 Å². The van der Waals surface area contributed by atoms with Gasteiger partial charge in [0.25, 0.3) is 0 Å². The quantitative estimate of drug-likeness (QED) is 0.231. The summed E-state index contributed by atoms with van der Waals surface area (Å²) in [4.78, 5) is 19.8. The van der Waals surface area contributed by atoms with Crippen LogP contribution in [0.25, 0.3) is 55.7 Å². The lowest BCUT2D eigenvalue weighted by atomic mass is 9.97. The molecule has 0 aliphatic heterocycles. The largest absolute Gasteiger partial charge is 0.255 e. The third-order valence-corrected chi connectivity index (χ3v) is 7.17. The van der Waals surface area contributed by atoms with E-state index in [1.54, 1.807) is 6.20 Å². The predicted molar refractivity (Wildman–Crippen MR) is 163 cm³/mol. The summed E-state index contributed by atoms with van der Waals surface area (Å²) in [6.45, 7) is 2.08. The first-order chi connectivity index (χ1) is 19.7. The van der Waals surface area contributed by atoms with Gasteiger partial charge in [0.05, 0.1) is 27.9 Å². The first-order valence-electron chi connectivity index (χ1n) is 13.4. The fraction of sp³-hybridized carbons (Fsp3) is 0.0556. The average molecular weight is 515 g/mol. The van der Waals surface area contributed by atoms with E-state index in [2.05, 4.69) is 103 Å². The molecule has 0 amide bonds. The second-order valence-electron chi connectivity index (χ2n) is 10.0. The Morgan fingerprint density at radius 3 is 2.23 bits per heavy atom. The topological polar surface area (TPSA) is 51.6 Å². The zero-order valence-electron chi connectivity index (χ0n) is 22.1. The van der Waals surface area contributed by atoms with Crippen molar-refractivity contribution >= 4 is 21.9 Å². The van der Waals surface area contributed by atoms with E-state index in [9.17, 15) is 0 Å². The van der Waals surface area contributed by atoms with E-state index in [-0.39, 0.29) is 0 Å². The smallest absolute Gasteiger partial charge is 0.116 e. The number of rotatable bonds is 5. The molecular weight excluding hydrogens is 488 g/mol. The molecule has 4 heteroatoms. The van der Waals surface area contributed by atoms with Gasteiger partial charge in [-0.1, -0.05) is 78.9 Å². The molecular formula is C36H26N4. The van der Waals surface area contributed by atoms with Crippen molar-refractivity contribution in [3.05, 3.63) is 144 Å². The molecule has 0 spiro atoms. The van der Waals surface area contributed by atoms with Crippen LogP contribution >= 0.6 is 0 Å². The molecule has 0 fully saturated rings. The number of pyridine rings is 2. The molecule has 0 aliphatic carbocycles. The summed E-state index contributed by atoms with van der Waals surface area (Å²) in [5.74, 6) is 0. The third-order valence-electron chi connectivity index (χ3n) is 7.17. The van der Waals surface area contributed by atoms with Crippen LogP contribution in [0.1, 0.15) is 16.8 Å². The minimum Gasteiger partial charge on any atom is -0.255 e. The predicted octanol–water partition coefficient (Wildman–Crippen LogP) is 8.47. The highest BCUT2D eigenvalue weighted by Gasteiger charge is 2.15. The maximum absolute atomic E-state index is 5.11. The summed E-state index contributed by atoms with van der Waals surface area (Å²) in [6.07, 6.45) is 2.50. The Morgan fingerprint density at radius 1 is 0.550 bits per heavy atom. The molecule has 0 bridgehead atoms. The van der Waals surface area contributed by atoms with Gasteiger partial charge in [-0.25, -0.2) is 9.97 Å². The molecule has 3 aromatic heterocycles. The molecule has 0 N–H and O–H groups in total. The van der Waals surface area contributed by atoms with Crippen molar-refractivity contribution < 1.29 is 0 Å². The molecule has 190 valence electrons. The van der Waals surface area contributed by atoms with Crippen molar-refractivity contribution in [2.24, 2.45) is 0 Å². The molecule has 0 saturated carbocycles. The standard InChI is InChI=1S/C36H26N4/c1-24-17-18-32-34(20-24)40-35(36(39-32)33-16-7-8-19-37-33)27-13-9-10-25(21-27)22-28-23-30(26-11-3-2-4-12-26)29-14-5-6-15-31(29)38-28/h2-21,23H,22H2,1H3. The number of benzene rings is 4. The van der Waals surface area contributed by atoms with Gasteiger partial charge in [0.1, 0.15) is 5.69 Å². The number of hydrogen-bond acceptors (Lipinski definition) is 4. The molecule has 0 atom stereocenters. The summed E-state index contributed by atoms with van der Waals surface area (Å²) in [5.41, 5.74) is 11.9. The van der Waals surface area contributed by atoms with E-state index in [1.807, 2.05) is 30.3 Å². The summed E-state index contributed by atoms with van der Waals surface area (Å²) in [7, 11) is 0. The molecule has 0 saturated heterocycles. The Bertz CT molecular complexity index is 1980. The molecule has 0 unspecified atom stereocenters. The number of para-hydroxylation sites is 1. The van der Waals surface area contributed by atoms with E-state index in [1.165, 1.54) is 11.1 Å². The van der Waals surface area contributed by atoms with Crippen LogP contribution in [0.15, 0.2) is 128 Å². The van der Waals surface area contributed by atoms with Crippen molar-refractivity contribution in [3.8, 4) is 33.8 Å². The monoisotopic (exact) mass is 514 g/mol. The fourth-order valence-electron chi connectivity index (χ4n) is 5.26. The molecule has 7 rings (SSSR count). The average Bonchev–Trinajstić information content (AvgIpc) is 3.01. The maximum Gasteiger partial charge on any atom is 0.116 e. The van der Waals surface area contributed by atoms with E-state index >= 15 is 0 Å². The summed E-state index contributed by atoms with van der Waals surface area (Å²) < 4.78 is 0. The number of fused-ring (bicyclic) bond motifs is 2. The molecule has 7 aromatic rings. The third kappa shape index (κ3) is 4.61. The molecule has 3 heterocycles. The lowest BCUT2D eigenvalue weighted by Gasteiger charge is -2.13. The minimum atomic E-state index is 0.706. The SMILES string of the molecule is Cc1ccc2nc(-c3ccccn3)c(-c3cccc(Cc4cc(-c5ccccc5)c5ccccc5n4)c3)nc2c1. The van der Waals surface area contributed by atoms with Gasteiger partial charge in [-0.05, 0) is 71.6 Å². The van der Waals surface area contributed by atoms with Gasteiger partial charge in [-0.2, -0.15) is 0 Å². The molecule has 0 radical (unpaired) electrons. The summed E-state index contributed by atoms with van der Waals surface area (Å²) in [5, 5.41) is 1.16. The molecule has 40 heavy (non-hydrogen) atoms. The van der Waals surface area contributed by atoms with Crippen LogP contribution in [0.5, 0.6) is 0 Å². The van der Waals surface area contributed by atoms with Crippen LogP contribution < -0.4 is 0 Å². The van der Waals surface area contributed by atoms with E-state index in [4.69, 9.17) is 15.0 Å². The summed E-state index contributed by atoms with van der Waals surface area (Å²) in [6, 6.07) is 41.7. The van der Waals surface area contributed by atoms with Gasteiger partial charge in [0.2, 0.25) is 0 Å². The Kier molecular flexibility index (Phi) is 6.06. The van der Waals surface area contributed by atoms with Gasteiger partial charge in [0.15, 0.2) is 0 Å². The zero-order chi connectivity index (χ0) is 26.9. The van der Waals surface area contributed by atoms with Crippen molar-refractivity contribution in [2.45, 2.75) is 13.3 Å². The van der Waals surface area contributed by atoms with E-state index in [0.717, 1.165) is 61.4 Å². The van der Waals surface area contributed by atoms with Crippen LogP contribution in [-0.2, 0) is 6.42 Å². The van der Waals surface area contributed by atoms with Gasteiger partial charge in [0, 0.05) is 29.3 Å². The van der Waals surface area contributed by atoms with Crippen molar-refractivity contribution in [1.82, 2.24) is 19.9 Å². The summed E-state index contributed by atoms with van der Waals surface area (Å²) >= 11 is 0. The van der Waals surface area contributed by atoms with Crippen LogP contribution in [0, 0.1) is 6.92 Å². The van der Waals surface area contributed by atoms with Crippen LogP contribution in [0.3, 0.4) is 0 Å². The lowest BCUT2D eigenvalue weighted by Crippen LogP contribution is -1.99. The highest BCUT2D eigenvalue weighted by atomic mass is 14.9. The van der Waals surface area contributed by atoms with Gasteiger partial charge < -0.3 is 0 Å². The van der Waals surface area contributed by atoms with Crippen molar-refractivity contribution in [1.29, 1.82) is 0 Å². The molecule has 0 aliphatic rings. The first-order valence-corrected chi connectivity index (χ1v) is 13.4. The van der Waals surface area contributed by atoms with Crippen LogP contribution in [0.2, 0.25) is 0 Å². The van der Waals surface area contributed by atoms with Crippen LogP contribution in [0.4, 0.5) is 0 Å². The van der Waals surface area contributed by atoms with Crippen LogP contribution in [-0.4, -0.2) is 19.9 Å². The molecule has 4 nitrogen and oxygen atoms in total. The molecule has 4 aromatic carbocycles. The minimum absolute atomic E-state index is 0.706. The van der Waals surface area contributed by atoms with Gasteiger partial charge in [-0.3, -0.25) is 9.97 Å². The second kappa shape index (κ2) is 10.2. The van der Waals surface area contributed by atoms with E-state index in [0.29, 0.717) is 6.42 Å². The number of nitrogens with zero attached hydrogens (tertiary/aromatic N) is 4. The maximum atomic E-state index is 5.11. The van der Waals surface area contributed by atoms with Gasteiger partial charge >= 0.3 is 0 Å². The number of aryl methyl sites for hydroxylation is 1. The van der Waals surface area contributed by atoms with Crippen molar-refractivity contribution in [2.75, 3.05) is 0 Å². The number of aromatic nitrogens is 4. The second-order valence-corrected chi connectivity index (χ2v) is 10.0. The Labute approximate surface area is 233 Å². The highest BCUT2D eigenvalue weighted by Crippen LogP contribution is 2.32. The lowest BCUT2D eigenvalue weighted by molar-refractivity contribution is 1.10. The Balaban J connectivity index is 1.33. The fourth-order valence-corrected chi connectivity index (χ4v) is 5.26. The Hall–Kier alpha value is -5.22. The first kappa shape index (κ1) is 23.9. The zero-order valence-corrected chi connectivity index (χ0v) is 22.1. The highest BCUT2D eigenvalue weighted by molar-refractivity contribution is 5.94.